The maximum atomic E-state index is 13.0. The van der Waals surface area contributed by atoms with Crippen molar-refractivity contribution in [2.24, 2.45) is 0 Å². The summed E-state index contributed by atoms with van der Waals surface area (Å²) in [6.45, 7) is 3.07. The SMILES string of the molecule is CCOc1ccc(NC(=O)c2ccc(Cl)c(Cl)c2)cc1S(=O)(=O)N1CCCC1. The van der Waals surface area contributed by atoms with Gasteiger partial charge < -0.3 is 10.1 Å². The number of rotatable bonds is 6. The summed E-state index contributed by atoms with van der Waals surface area (Å²) in [5, 5.41) is 3.31. The first-order valence-corrected chi connectivity index (χ1v) is 11.1. The number of ether oxygens (including phenoxy) is 1. The Morgan fingerprint density at radius 2 is 1.82 bits per heavy atom. The van der Waals surface area contributed by atoms with E-state index in [2.05, 4.69) is 5.32 Å². The minimum Gasteiger partial charge on any atom is -0.492 e. The minimum atomic E-state index is -3.71. The van der Waals surface area contributed by atoms with Gasteiger partial charge in [0.25, 0.3) is 5.91 Å². The predicted octanol–water partition coefficient (Wildman–Crippen LogP) is 4.43. The van der Waals surface area contributed by atoms with E-state index in [0.29, 0.717) is 36.0 Å². The first-order valence-electron chi connectivity index (χ1n) is 8.86. The highest BCUT2D eigenvalue weighted by atomic mass is 35.5. The molecule has 28 heavy (non-hydrogen) atoms. The average molecular weight is 443 g/mol. The van der Waals surface area contributed by atoms with Crippen molar-refractivity contribution in [1.82, 2.24) is 4.31 Å². The number of amides is 1. The molecule has 1 aliphatic heterocycles. The Morgan fingerprint density at radius 3 is 2.46 bits per heavy atom. The quantitative estimate of drug-likeness (QED) is 0.717. The first kappa shape index (κ1) is 20.9. The van der Waals surface area contributed by atoms with Crippen molar-refractivity contribution in [3.05, 3.63) is 52.0 Å². The highest BCUT2D eigenvalue weighted by molar-refractivity contribution is 7.89. The van der Waals surface area contributed by atoms with Gasteiger partial charge in [0.15, 0.2) is 0 Å². The summed E-state index contributed by atoms with van der Waals surface area (Å²) in [6.07, 6.45) is 1.66. The minimum absolute atomic E-state index is 0.0446. The molecule has 1 saturated heterocycles. The zero-order valence-corrected chi connectivity index (χ0v) is 17.6. The van der Waals surface area contributed by atoms with Crippen molar-refractivity contribution in [1.29, 1.82) is 0 Å². The zero-order valence-electron chi connectivity index (χ0n) is 15.2. The van der Waals surface area contributed by atoms with E-state index in [1.807, 2.05) is 0 Å². The fraction of sp³-hybridized carbons (Fsp3) is 0.316. The Kier molecular flexibility index (Phi) is 6.50. The van der Waals surface area contributed by atoms with E-state index in [0.717, 1.165) is 12.8 Å². The van der Waals surface area contributed by atoms with E-state index in [9.17, 15) is 13.2 Å². The molecular weight excluding hydrogens is 423 g/mol. The van der Waals surface area contributed by atoms with Crippen LogP contribution in [0.15, 0.2) is 41.3 Å². The molecule has 0 radical (unpaired) electrons. The molecule has 1 amide bonds. The third kappa shape index (κ3) is 4.43. The van der Waals surface area contributed by atoms with Gasteiger partial charge in [-0.05, 0) is 56.2 Å². The first-order chi connectivity index (χ1) is 13.3. The summed E-state index contributed by atoms with van der Waals surface area (Å²) in [5.41, 5.74) is 0.657. The summed E-state index contributed by atoms with van der Waals surface area (Å²) < 4.78 is 33.0. The maximum Gasteiger partial charge on any atom is 0.255 e. The van der Waals surface area contributed by atoms with Gasteiger partial charge in [0.1, 0.15) is 10.6 Å². The zero-order chi connectivity index (χ0) is 20.3. The molecule has 0 aliphatic carbocycles. The molecule has 2 aromatic rings. The van der Waals surface area contributed by atoms with Crippen molar-refractivity contribution >= 4 is 44.8 Å². The second-order valence-electron chi connectivity index (χ2n) is 6.29. The van der Waals surface area contributed by atoms with Crippen molar-refractivity contribution < 1.29 is 17.9 Å². The van der Waals surface area contributed by atoms with Crippen molar-refractivity contribution in [3.8, 4) is 5.75 Å². The van der Waals surface area contributed by atoms with E-state index >= 15 is 0 Å². The summed E-state index contributed by atoms with van der Waals surface area (Å²) in [5.74, 6) is -0.158. The van der Waals surface area contributed by atoms with Gasteiger partial charge in [0, 0.05) is 24.3 Å². The smallest absolute Gasteiger partial charge is 0.255 e. The van der Waals surface area contributed by atoms with Gasteiger partial charge in [0.05, 0.1) is 16.7 Å². The van der Waals surface area contributed by atoms with E-state index in [1.54, 1.807) is 25.1 Å². The van der Waals surface area contributed by atoms with Gasteiger partial charge >= 0.3 is 0 Å². The van der Waals surface area contributed by atoms with Gasteiger partial charge in [-0.1, -0.05) is 23.2 Å². The molecule has 3 rings (SSSR count). The molecule has 1 fully saturated rings. The van der Waals surface area contributed by atoms with E-state index in [-0.39, 0.29) is 15.7 Å². The summed E-state index contributed by atoms with van der Waals surface area (Å²) in [7, 11) is -3.71. The van der Waals surface area contributed by atoms with E-state index < -0.39 is 15.9 Å². The van der Waals surface area contributed by atoms with Crippen LogP contribution in [0.1, 0.15) is 30.1 Å². The number of hydrogen-bond acceptors (Lipinski definition) is 4. The van der Waals surface area contributed by atoms with Crippen LogP contribution >= 0.6 is 23.2 Å². The fourth-order valence-corrected chi connectivity index (χ4v) is 4.94. The fourth-order valence-electron chi connectivity index (χ4n) is 2.97. The Labute approximate surface area is 174 Å². The van der Waals surface area contributed by atoms with Gasteiger partial charge in [-0.2, -0.15) is 4.31 Å². The summed E-state index contributed by atoms with van der Waals surface area (Å²) in [6, 6.07) is 9.10. The lowest BCUT2D eigenvalue weighted by Crippen LogP contribution is -2.28. The van der Waals surface area contributed by atoms with Crippen LogP contribution < -0.4 is 10.1 Å². The summed E-state index contributed by atoms with van der Waals surface area (Å²) in [4.78, 5) is 12.5. The Morgan fingerprint density at radius 1 is 1.11 bits per heavy atom. The molecule has 0 unspecified atom stereocenters. The third-order valence-corrected chi connectivity index (χ3v) is 7.02. The lowest BCUT2D eigenvalue weighted by molar-refractivity contribution is 0.102. The number of nitrogens with zero attached hydrogens (tertiary/aromatic N) is 1. The second-order valence-corrected chi connectivity index (χ2v) is 9.01. The van der Waals surface area contributed by atoms with E-state index in [1.165, 1.54) is 22.5 Å². The van der Waals surface area contributed by atoms with Crippen LogP contribution in [0.4, 0.5) is 5.69 Å². The molecule has 1 heterocycles. The molecule has 6 nitrogen and oxygen atoms in total. The van der Waals surface area contributed by atoms with Gasteiger partial charge in [-0.15, -0.1) is 0 Å². The number of carbonyl (C=O) groups excluding carboxylic acids is 1. The molecule has 0 atom stereocenters. The van der Waals surface area contributed by atoms with Crippen LogP contribution in [0.5, 0.6) is 5.75 Å². The van der Waals surface area contributed by atoms with Crippen LogP contribution in [0, 0.1) is 0 Å². The van der Waals surface area contributed by atoms with Gasteiger partial charge in [-0.25, -0.2) is 8.42 Å². The Hall–Kier alpha value is -1.80. The topological polar surface area (TPSA) is 75.7 Å². The highest BCUT2D eigenvalue weighted by Crippen LogP contribution is 2.32. The molecule has 9 heteroatoms. The largest absolute Gasteiger partial charge is 0.492 e. The number of hydrogen-bond donors (Lipinski definition) is 1. The number of carbonyl (C=O) groups is 1. The summed E-state index contributed by atoms with van der Waals surface area (Å²) >= 11 is 11.8. The molecule has 2 aromatic carbocycles. The average Bonchev–Trinajstić information content (AvgIpc) is 3.21. The monoisotopic (exact) mass is 442 g/mol. The Bertz CT molecular complexity index is 989. The van der Waals surface area contributed by atoms with Crippen LogP contribution in [-0.4, -0.2) is 38.3 Å². The Balaban J connectivity index is 1.92. The van der Waals surface area contributed by atoms with Crippen molar-refractivity contribution in [2.45, 2.75) is 24.7 Å². The molecule has 1 N–H and O–H groups in total. The van der Waals surface area contributed by atoms with Crippen molar-refractivity contribution in [3.63, 3.8) is 0 Å². The number of sulfonamides is 1. The standard InChI is InChI=1S/C19H20Cl2N2O4S/c1-2-27-17-8-6-14(12-18(17)28(25,26)23-9-3-4-10-23)22-19(24)13-5-7-15(20)16(21)11-13/h5-8,11-12H,2-4,9-10H2,1H3,(H,22,24). The lowest BCUT2D eigenvalue weighted by atomic mass is 10.2. The number of nitrogens with one attached hydrogen (secondary N) is 1. The molecular formula is C19H20Cl2N2O4S. The molecule has 0 aromatic heterocycles. The number of halogens is 2. The highest BCUT2D eigenvalue weighted by Gasteiger charge is 2.30. The van der Waals surface area contributed by atoms with Crippen LogP contribution in [-0.2, 0) is 10.0 Å². The number of anilines is 1. The number of benzene rings is 2. The van der Waals surface area contributed by atoms with Gasteiger partial charge in [0.2, 0.25) is 10.0 Å². The van der Waals surface area contributed by atoms with Crippen LogP contribution in [0.3, 0.4) is 0 Å². The third-order valence-electron chi connectivity index (χ3n) is 4.37. The molecule has 0 spiro atoms. The second kappa shape index (κ2) is 8.69. The predicted molar refractivity (Wildman–Crippen MR) is 110 cm³/mol. The van der Waals surface area contributed by atoms with Crippen LogP contribution in [0.25, 0.3) is 0 Å². The van der Waals surface area contributed by atoms with Crippen molar-refractivity contribution in [2.75, 3.05) is 25.0 Å². The molecule has 1 aliphatic rings. The van der Waals surface area contributed by atoms with Gasteiger partial charge in [-0.3, -0.25) is 4.79 Å². The molecule has 0 bridgehead atoms. The van der Waals surface area contributed by atoms with E-state index in [4.69, 9.17) is 27.9 Å². The normalized spacial score (nSPS) is 14.8. The molecule has 150 valence electrons. The lowest BCUT2D eigenvalue weighted by Gasteiger charge is -2.19. The van der Waals surface area contributed by atoms with Crippen LogP contribution in [0.2, 0.25) is 10.0 Å². The molecule has 0 saturated carbocycles. The maximum absolute atomic E-state index is 13.0.